The van der Waals surface area contributed by atoms with Gasteiger partial charge in [-0.1, -0.05) is 12.1 Å². The number of hydrogen-bond acceptors (Lipinski definition) is 6. The van der Waals surface area contributed by atoms with Gasteiger partial charge in [-0.05, 0) is 38.3 Å². The highest BCUT2D eigenvalue weighted by Crippen LogP contribution is 2.18. The number of carbonyl (C=O) groups excluding carboxylic acids is 2. The van der Waals surface area contributed by atoms with Crippen LogP contribution in [0.2, 0.25) is 0 Å². The molecule has 8 heteroatoms. The number of rotatable bonds is 5. The zero-order valence-electron chi connectivity index (χ0n) is 16.1. The average molecular weight is 384 g/mol. The lowest BCUT2D eigenvalue weighted by molar-refractivity contribution is -0.116. The quantitative estimate of drug-likeness (QED) is 0.792. The second-order valence-electron chi connectivity index (χ2n) is 6.75. The molecule has 0 unspecified atom stereocenters. The molecule has 0 aliphatic carbocycles. The summed E-state index contributed by atoms with van der Waals surface area (Å²) in [6, 6.07) is 8.00. The lowest BCUT2D eigenvalue weighted by Crippen LogP contribution is -2.38. The minimum Gasteiger partial charge on any atom is -0.465 e. The number of nitrogens with one attached hydrogen (secondary N) is 1. The standard InChI is InChI=1S/C20H24N4O4/c1-14-12-18(26)24(20(21-14)23-10-6-3-7-11-23)13-17(25)22-16-9-5-4-8-15(16)19(27)28-2/h4-5,8-9,12H,3,6-7,10-11,13H2,1-2H3,(H,22,25). The normalized spacial score (nSPS) is 13.9. The maximum Gasteiger partial charge on any atom is 0.339 e. The fraction of sp³-hybridized carbons (Fsp3) is 0.400. The molecule has 0 spiro atoms. The van der Waals surface area contributed by atoms with Gasteiger partial charge >= 0.3 is 5.97 Å². The Morgan fingerprint density at radius 3 is 2.61 bits per heavy atom. The van der Waals surface area contributed by atoms with Crippen LogP contribution < -0.4 is 15.8 Å². The number of para-hydroxylation sites is 1. The van der Waals surface area contributed by atoms with Crippen LogP contribution in [0.25, 0.3) is 0 Å². The van der Waals surface area contributed by atoms with Crippen LogP contribution in [0.15, 0.2) is 35.1 Å². The van der Waals surface area contributed by atoms with E-state index in [0.29, 0.717) is 17.3 Å². The second kappa shape index (κ2) is 8.69. The smallest absolute Gasteiger partial charge is 0.339 e. The van der Waals surface area contributed by atoms with Crippen molar-refractivity contribution >= 4 is 23.5 Å². The summed E-state index contributed by atoms with van der Waals surface area (Å²) in [5, 5.41) is 2.70. The van der Waals surface area contributed by atoms with Crippen LogP contribution >= 0.6 is 0 Å². The third-order valence-corrected chi connectivity index (χ3v) is 4.66. The number of anilines is 2. The maximum absolute atomic E-state index is 12.6. The highest BCUT2D eigenvalue weighted by Gasteiger charge is 2.20. The van der Waals surface area contributed by atoms with Crippen molar-refractivity contribution in [3.05, 3.63) is 51.9 Å². The first-order valence-electron chi connectivity index (χ1n) is 9.30. The zero-order valence-corrected chi connectivity index (χ0v) is 16.1. The molecule has 1 aromatic carbocycles. The minimum absolute atomic E-state index is 0.187. The van der Waals surface area contributed by atoms with E-state index in [1.807, 2.05) is 4.90 Å². The largest absolute Gasteiger partial charge is 0.465 e. The first-order chi connectivity index (χ1) is 13.5. The molecule has 1 aliphatic rings. The lowest BCUT2D eigenvalue weighted by atomic mass is 10.1. The van der Waals surface area contributed by atoms with Crippen LogP contribution in [0.5, 0.6) is 0 Å². The Labute approximate surface area is 163 Å². The molecule has 28 heavy (non-hydrogen) atoms. The molecule has 1 fully saturated rings. The molecule has 8 nitrogen and oxygen atoms in total. The number of hydrogen-bond donors (Lipinski definition) is 1. The van der Waals surface area contributed by atoms with Crippen molar-refractivity contribution in [3.8, 4) is 0 Å². The zero-order chi connectivity index (χ0) is 20.1. The summed E-state index contributed by atoms with van der Waals surface area (Å²) < 4.78 is 6.13. The van der Waals surface area contributed by atoms with Crippen molar-refractivity contribution in [2.75, 3.05) is 30.4 Å². The van der Waals surface area contributed by atoms with E-state index in [9.17, 15) is 14.4 Å². The molecular formula is C20H24N4O4. The first-order valence-corrected chi connectivity index (χ1v) is 9.30. The van der Waals surface area contributed by atoms with E-state index in [-0.39, 0.29) is 17.7 Å². The number of aromatic nitrogens is 2. The van der Waals surface area contributed by atoms with Crippen molar-refractivity contribution in [2.24, 2.45) is 0 Å². The van der Waals surface area contributed by atoms with Gasteiger partial charge in [-0.25, -0.2) is 9.78 Å². The number of piperidine rings is 1. The molecule has 1 saturated heterocycles. The third-order valence-electron chi connectivity index (χ3n) is 4.66. The van der Waals surface area contributed by atoms with Gasteiger partial charge < -0.3 is 15.0 Å². The molecule has 1 aromatic heterocycles. The molecule has 148 valence electrons. The predicted octanol–water partition coefficient (Wildman–Crippen LogP) is 1.97. The molecule has 2 aromatic rings. The van der Waals surface area contributed by atoms with Gasteiger partial charge in [-0.2, -0.15) is 0 Å². The molecular weight excluding hydrogens is 360 g/mol. The summed E-state index contributed by atoms with van der Waals surface area (Å²) in [5.41, 5.74) is 0.943. The van der Waals surface area contributed by atoms with E-state index in [1.165, 1.54) is 17.7 Å². The summed E-state index contributed by atoms with van der Waals surface area (Å²) in [6.45, 7) is 3.20. The Kier molecular flexibility index (Phi) is 6.08. The van der Waals surface area contributed by atoms with Crippen LogP contribution in [0.1, 0.15) is 35.3 Å². The Morgan fingerprint density at radius 1 is 1.18 bits per heavy atom. The van der Waals surface area contributed by atoms with Crippen molar-refractivity contribution < 1.29 is 14.3 Å². The number of methoxy groups -OCH3 is 1. The predicted molar refractivity (Wildman–Crippen MR) is 106 cm³/mol. The summed E-state index contributed by atoms with van der Waals surface area (Å²) in [7, 11) is 1.28. The number of ether oxygens (including phenoxy) is 1. The van der Waals surface area contributed by atoms with Gasteiger partial charge in [0.2, 0.25) is 11.9 Å². The number of esters is 1. The Balaban J connectivity index is 1.85. The number of carbonyl (C=O) groups is 2. The van der Waals surface area contributed by atoms with Crippen molar-refractivity contribution in [1.82, 2.24) is 9.55 Å². The Hall–Kier alpha value is -3.16. The van der Waals surface area contributed by atoms with E-state index in [4.69, 9.17) is 4.74 Å². The first kappa shape index (κ1) is 19.6. The van der Waals surface area contributed by atoms with E-state index in [0.717, 1.165) is 32.4 Å². The molecule has 1 N–H and O–H groups in total. The monoisotopic (exact) mass is 384 g/mol. The SMILES string of the molecule is COC(=O)c1ccccc1NC(=O)Cn1c(N2CCCCC2)nc(C)cc1=O. The van der Waals surface area contributed by atoms with Gasteiger partial charge in [0.25, 0.3) is 5.56 Å². The van der Waals surface area contributed by atoms with E-state index < -0.39 is 11.9 Å². The molecule has 0 radical (unpaired) electrons. The summed E-state index contributed by atoms with van der Waals surface area (Å²) in [6.07, 6.45) is 3.21. The van der Waals surface area contributed by atoms with Gasteiger partial charge in [-0.15, -0.1) is 0 Å². The molecule has 3 rings (SSSR count). The number of amides is 1. The van der Waals surface area contributed by atoms with Crippen molar-refractivity contribution in [1.29, 1.82) is 0 Å². The molecule has 1 amide bonds. The fourth-order valence-electron chi connectivity index (χ4n) is 3.30. The van der Waals surface area contributed by atoms with E-state index >= 15 is 0 Å². The van der Waals surface area contributed by atoms with E-state index in [2.05, 4.69) is 10.3 Å². The summed E-state index contributed by atoms with van der Waals surface area (Å²) >= 11 is 0. The van der Waals surface area contributed by atoms with Crippen LogP contribution in [0.3, 0.4) is 0 Å². The van der Waals surface area contributed by atoms with Gasteiger partial charge in [-0.3, -0.25) is 14.2 Å². The second-order valence-corrected chi connectivity index (χ2v) is 6.75. The third kappa shape index (κ3) is 4.39. The molecule has 0 saturated carbocycles. The van der Waals surface area contributed by atoms with Gasteiger partial charge in [0.05, 0.1) is 18.4 Å². The Morgan fingerprint density at radius 2 is 1.89 bits per heavy atom. The average Bonchev–Trinajstić information content (AvgIpc) is 2.70. The molecule has 0 atom stereocenters. The van der Waals surface area contributed by atoms with Crippen LogP contribution in [0.4, 0.5) is 11.6 Å². The summed E-state index contributed by atoms with van der Waals surface area (Å²) in [5.74, 6) is -0.442. The molecule has 2 heterocycles. The van der Waals surface area contributed by atoms with Crippen LogP contribution in [-0.4, -0.2) is 41.6 Å². The molecule has 0 bridgehead atoms. The number of aryl methyl sites for hydroxylation is 1. The van der Waals surface area contributed by atoms with Crippen molar-refractivity contribution in [2.45, 2.75) is 32.7 Å². The minimum atomic E-state index is -0.543. The lowest BCUT2D eigenvalue weighted by Gasteiger charge is -2.29. The topological polar surface area (TPSA) is 93.5 Å². The number of benzene rings is 1. The van der Waals surface area contributed by atoms with Gasteiger partial charge in [0.15, 0.2) is 0 Å². The highest BCUT2D eigenvalue weighted by atomic mass is 16.5. The molecule has 1 aliphatic heterocycles. The van der Waals surface area contributed by atoms with E-state index in [1.54, 1.807) is 31.2 Å². The fourth-order valence-corrected chi connectivity index (χ4v) is 3.30. The van der Waals surface area contributed by atoms with Gasteiger partial charge in [0.1, 0.15) is 6.54 Å². The number of nitrogens with zero attached hydrogens (tertiary/aromatic N) is 3. The van der Waals surface area contributed by atoms with Crippen LogP contribution in [0, 0.1) is 6.92 Å². The summed E-state index contributed by atoms with van der Waals surface area (Å²) in [4.78, 5) is 43.6. The highest BCUT2D eigenvalue weighted by molar-refractivity contribution is 6.01. The van der Waals surface area contributed by atoms with Crippen molar-refractivity contribution in [3.63, 3.8) is 0 Å². The van der Waals surface area contributed by atoms with Crippen LogP contribution in [-0.2, 0) is 16.1 Å². The van der Waals surface area contributed by atoms with Gasteiger partial charge in [0, 0.05) is 24.8 Å². The maximum atomic E-state index is 12.6. The Bertz CT molecular complexity index is 932.